The summed E-state index contributed by atoms with van der Waals surface area (Å²) in [7, 11) is 0. The maximum absolute atomic E-state index is 9.74. The fraction of sp³-hybridized carbons (Fsp3) is 0.250. The SMILES string of the molecule is CC(C)c1cnc(N)c2c(O)cccc12. The third-order valence-electron chi connectivity index (χ3n) is 2.57. The number of nitrogens with two attached hydrogens (primary N) is 1. The van der Waals surface area contributed by atoms with Gasteiger partial charge in [0, 0.05) is 6.20 Å². The Morgan fingerprint density at radius 1 is 1.33 bits per heavy atom. The molecule has 0 amide bonds. The number of nitrogen functional groups attached to an aromatic ring is 1. The summed E-state index contributed by atoms with van der Waals surface area (Å²) in [5.41, 5.74) is 6.86. The van der Waals surface area contributed by atoms with Crippen molar-refractivity contribution in [3.05, 3.63) is 30.0 Å². The van der Waals surface area contributed by atoms with Crippen LogP contribution in [0, 0.1) is 0 Å². The Labute approximate surface area is 88.6 Å². The molecule has 3 heteroatoms. The highest BCUT2D eigenvalue weighted by molar-refractivity contribution is 5.97. The zero-order chi connectivity index (χ0) is 11.0. The fourth-order valence-corrected chi connectivity index (χ4v) is 1.78. The van der Waals surface area contributed by atoms with E-state index >= 15 is 0 Å². The van der Waals surface area contributed by atoms with Gasteiger partial charge in [-0.15, -0.1) is 0 Å². The van der Waals surface area contributed by atoms with Crippen molar-refractivity contribution < 1.29 is 5.11 Å². The van der Waals surface area contributed by atoms with Crippen LogP contribution in [0.4, 0.5) is 5.82 Å². The van der Waals surface area contributed by atoms with Crippen LogP contribution in [0.5, 0.6) is 5.75 Å². The minimum absolute atomic E-state index is 0.194. The van der Waals surface area contributed by atoms with Crippen molar-refractivity contribution in [2.75, 3.05) is 5.73 Å². The van der Waals surface area contributed by atoms with Crippen LogP contribution < -0.4 is 5.73 Å². The molecular formula is C12H14N2O. The van der Waals surface area contributed by atoms with Gasteiger partial charge in [0.05, 0.1) is 5.39 Å². The second kappa shape index (κ2) is 3.42. The van der Waals surface area contributed by atoms with Crippen LogP contribution in [0.2, 0.25) is 0 Å². The summed E-state index contributed by atoms with van der Waals surface area (Å²) in [6, 6.07) is 5.41. The first-order valence-electron chi connectivity index (χ1n) is 4.97. The van der Waals surface area contributed by atoms with E-state index in [0.717, 1.165) is 10.9 Å². The van der Waals surface area contributed by atoms with Crippen molar-refractivity contribution in [3.8, 4) is 5.75 Å². The molecule has 3 N–H and O–H groups in total. The van der Waals surface area contributed by atoms with Crippen molar-refractivity contribution in [1.29, 1.82) is 0 Å². The van der Waals surface area contributed by atoms with Crippen molar-refractivity contribution in [2.24, 2.45) is 0 Å². The summed E-state index contributed by atoms with van der Waals surface area (Å²) in [6.45, 7) is 4.19. The number of aromatic hydroxyl groups is 1. The van der Waals surface area contributed by atoms with Crippen molar-refractivity contribution in [2.45, 2.75) is 19.8 Å². The number of benzene rings is 1. The molecule has 1 aromatic carbocycles. The van der Waals surface area contributed by atoms with Gasteiger partial charge in [-0.1, -0.05) is 26.0 Å². The molecule has 0 unspecified atom stereocenters. The van der Waals surface area contributed by atoms with Crippen LogP contribution in [0.15, 0.2) is 24.4 Å². The molecule has 2 aromatic rings. The first-order valence-corrected chi connectivity index (χ1v) is 4.97. The maximum atomic E-state index is 9.74. The molecule has 15 heavy (non-hydrogen) atoms. The molecule has 0 aliphatic carbocycles. The number of fused-ring (bicyclic) bond motifs is 1. The molecular weight excluding hydrogens is 188 g/mol. The summed E-state index contributed by atoms with van der Waals surface area (Å²) in [5, 5.41) is 11.4. The van der Waals surface area contributed by atoms with E-state index in [4.69, 9.17) is 5.73 Å². The molecule has 1 aromatic heterocycles. The Hall–Kier alpha value is -1.77. The molecule has 0 atom stereocenters. The lowest BCUT2D eigenvalue weighted by atomic mass is 9.98. The van der Waals surface area contributed by atoms with Gasteiger partial charge in [0.25, 0.3) is 0 Å². The Morgan fingerprint density at radius 2 is 2.07 bits per heavy atom. The minimum Gasteiger partial charge on any atom is -0.507 e. The van der Waals surface area contributed by atoms with Gasteiger partial charge in [-0.2, -0.15) is 0 Å². The second-order valence-electron chi connectivity index (χ2n) is 3.95. The summed E-state index contributed by atoms with van der Waals surface area (Å²) in [6.07, 6.45) is 1.78. The number of rotatable bonds is 1. The summed E-state index contributed by atoms with van der Waals surface area (Å²) >= 11 is 0. The third kappa shape index (κ3) is 1.50. The standard InChI is InChI=1S/C12H14N2O/c1-7(2)9-6-14-12(13)11-8(9)4-3-5-10(11)15/h3-7,15H,1-2H3,(H2,13,14). The van der Waals surface area contributed by atoms with E-state index in [1.54, 1.807) is 12.3 Å². The average molecular weight is 202 g/mol. The van der Waals surface area contributed by atoms with Crippen molar-refractivity contribution in [1.82, 2.24) is 4.98 Å². The van der Waals surface area contributed by atoms with E-state index in [9.17, 15) is 5.11 Å². The molecule has 0 fully saturated rings. The van der Waals surface area contributed by atoms with E-state index in [-0.39, 0.29) is 5.75 Å². The Bertz CT molecular complexity index is 498. The number of anilines is 1. The normalized spacial score (nSPS) is 11.1. The van der Waals surface area contributed by atoms with Gasteiger partial charge in [0.15, 0.2) is 0 Å². The van der Waals surface area contributed by atoms with Crippen LogP contribution in [-0.4, -0.2) is 10.1 Å². The van der Waals surface area contributed by atoms with E-state index in [1.807, 2.05) is 12.1 Å². The molecule has 0 saturated heterocycles. The van der Waals surface area contributed by atoms with Crippen molar-refractivity contribution in [3.63, 3.8) is 0 Å². The van der Waals surface area contributed by atoms with E-state index < -0.39 is 0 Å². The molecule has 0 aliphatic heterocycles. The monoisotopic (exact) mass is 202 g/mol. The van der Waals surface area contributed by atoms with Crippen LogP contribution in [-0.2, 0) is 0 Å². The molecule has 0 radical (unpaired) electrons. The van der Waals surface area contributed by atoms with Crippen LogP contribution in [0.3, 0.4) is 0 Å². The molecule has 0 saturated carbocycles. The quantitative estimate of drug-likeness (QED) is 0.747. The van der Waals surface area contributed by atoms with E-state index in [0.29, 0.717) is 17.1 Å². The lowest BCUT2D eigenvalue weighted by Gasteiger charge is -2.11. The number of hydrogen-bond acceptors (Lipinski definition) is 3. The van der Waals surface area contributed by atoms with Gasteiger partial charge in [0.1, 0.15) is 11.6 Å². The predicted octanol–water partition coefficient (Wildman–Crippen LogP) is 2.65. The van der Waals surface area contributed by atoms with Gasteiger partial charge in [-0.25, -0.2) is 4.98 Å². The average Bonchev–Trinajstić information content (AvgIpc) is 2.17. The topological polar surface area (TPSA) is 59.1 Å². The molecule has 0 bridgehead atoms. The highest BCUT2D eigenvalue weighted by atomic mass is 16.3. The molecule has 0 spiro atoms. The Morgan fingerprint density at radius 3 is 2.73 bits per heavy atom. The summed E-state index contributed by atoms with van der Waals surface area (Å²) in [4.78, 5) is 4.11. The van der Waals surface area contributed by atoms with Gasteiger partial charge >= 0.3 is 0 Å². The maximum Gasteiger partial charge on any atom is 0.134 e. The van der Waals surface area contributed by atoms with Crippen LogP contribution in [0.25, 0.3) is 10.8 Å². The highest BCUT2D eigenvalue weighted by Gasteiger charge is 2.10. The number of hydrogen-bond donors (Lipinski definition) is 2. The first kappa shape index (κ1) is 9.77. The number of pyridine rings is 1. The summed E-state index contributed by atoms with van der Waals surface area (Å²) < 4.78 is 0. The van der Waals surface area contributed by atoms with Crippen LogP contribution >= 0.6 is 0 Å². The first-order chi connectivity index (χ1) is 7.11. The number of nitrogens with zero attached hydrogens (tertiary/aromatic N) is 1. The van der Waals surface area contributed by atoms with Crippen LogP contribution in [0.1, 0.15) is 25.3 Å². The zero-order valence-electron chi connectivity index (χ0n) is 8.86. The van der Waals surface area contributed by atoms with E-state index in [1.165, 1.54) is 0 Å². The molecule has 1 heterocycles. The Kier molecular flexibility index (Phi) is 2.23. The number of aromatic nitrogens is 1. The highest BCUT2D eigenvalue weighted by Crippen LogP contribution is 2.33. The van der Waals surface area contributed by atoms with Gasteiger partial charge in [-0.3, -0.25) is 0 Å². The lowest BCUT2D eigenvalue weighted by Crippen LogP contribution is -1.97. The zero-order valence-corrected chi connectivity index (χ0v) is 8.86. The van der Waals surface area contributed by atoms with Gasteiger partial charge < -0.3 is 10.8 Å². The molecule has 78 valence electrons. The minimum atomic E-state index is 0.194. The Balaban J connectivity index is 2.89. The van der Waals surface area contributed by atoms with E-state index in [2.05, 4.69) is 18.8 Å². The molecule has 2 rings (SSSR count). The van der Waals surface area contributed by atoms with Gasteiger partial charge in [-0.05, 0) is 22.9 Å². The lowest BCUT2D eigenvalue weighted by molar-refractivity contribution is 0.481. The predicted molar refractivity (Wildman–Crippen MR) is 61.9 cm³/mol. The summed E-state index contributed by atoms with van der Waals surface area (Å²) in [5.74, 6) is 0.940. The second-order valence-corrected chi connectivity index (χ2v) is 3.95. The third-order valence-corrected chi connectivity index (χ3v) is 2.57. The van der Waals surface area contributed by atoms with Crippen molar-refractivity contribution >= 4 is 16.6 Å². The molecule has 0 aliphatic rings. The fourth-order valence-electron chi connectivity index (χ4n) is 1.78. The smallest absolute Gasteiger partial charge is 0.134 e. The number of phenolic OH excluding ortho intramolecular Hbond substituents is 1. The largest absolute Gasteiger partial charge is 0.507 e. The number of phenols is 1. The van der Waals surface area contributed by atoms with Gasteiger partial charge in [0.2, 0.25) is 0 Å². The molecule has 3 nitrogen and oxygen atoms in total.